The first-order valence-corrected chi connectivity index (χ1v) is 7.05. The highest BCUT2D eigenvalue weighted by Gasteiger charge is 2.14. The molecule has 102 valence electrons. The van der Waals surface area contributed by atoms with Crippen LogP contribution in [-0.4, -0.2) is 17.6 Å². The number of carbonyl (C=O) groups excluding carboxylic acids is 1. The monoisotopic (exact) mass is 286 g/mol. The quantitative estimate of drug-likeness (QED) is 0.800. The molecule has 20 heavy (non-hydrogen) atoms. The fraction of sp³-hybridized carbons (Fsp3) is 0.133. The van der Waals surface area contributed by atoms with Crippen LogP contribution in [0.5, 0.6) is 5.75 Å². The molecule has 0 saturated carbocycles. The van der Waals surface area contributed by atoms with E-state index in [-0.39, 0.29) is 5.91 Å². The second-order valence-electron chi connectivity index (χ2n) is 4.44. The number of anilines is 1. The maximum atomic E-state index is 12.3. The van der Waals surface area contributed by atoms with Crippen molar-refractivity contribution in [1.29, 1.82) is 0 Å². The van der Waals surface area contributed by atoms with Crippen molar-refractivity contribution in [2.45, 2.75) is 0 Å². The van der Waals surface area contributed by atoms with Crippen molar-refractivity contribution in [1.82, 2.24) is 4.57 Å². The number of thiophene rings is 1. The zero-order valence-corrected chi connectivity index (χ0v) is 12.0. The van der Waals surface area contributed by atoms with Gasteiger partial charge in [0.2, 0.25) is 0 Å². The molecule has 0 aliphatic rings. The van der Waals surface area contributed by atoms with Crippen LogP contribution in [-0.2, 0) is 7.05 Å². The molecule has 0 bridgehead atoms. The fourth-order valence-corrected chi connectivity index (χ4v) is 2.99. The number of hydrogen-bond donors (Lipinski definition) is 1. The summed E-state index contributed by atoms with van der Waals surface area (Å²) in [5.41, 5.74) is 2.48. The summed E-state index contributed by atoms with van der Waals surface area (Å²) in [5.74, 6) is 0.656. The highest BCUT2D eigenvalue weighted by atomic mass is 32.1. The summed E-state index contributed by atoms with van der Waals surface area (Å²) in [5, 5.41) is 4.91. The Hall–Kier alpha value is -2.27. The summed E-state index contributed by atoms with van der Waals surface area (Å²) < 4.78 is 8.12. The van der Waals surface area contributed by atoms with Crippen molar-refractivity contribution < 1.29 is 9.53 Å². The Morgan fingerprint density at radius 2 is 2.00 bits per heavy atom. The maximum absolute atomic E-state index is 12.3. The number of rotatable bonds is 3. The minimum atomic E-state index is -0.110. The predicted molar refractivity (Wildman–Crippen MR) is 81.7 cm³/mol. The molecule has 0 fully saturated rings. The third-order valence-corrected chi connectivity index (χ3v) is 4.10. The standard InChI is InChI=1S/C15H14N2O2S/c1-17-12-7-8-20-14(12)9-13(17)15(18)16-10-3-5-11(19-2)6-4-10/h3-9H,1-2H3,(H,16,18). The molecule has 0 unspecified atom stereocenters. The highest BCUT2D eigenvalue weighted by molar-refractivity contribution is 7.17. The van der Waals surface area contributed by atoms with Gasteiger partial charge in [-0.3, -0.25) is 4.79 Å². The smallest absolute Gasteiger partial charge is 0.272 e. The maximum Gasteiger partial charge on any atom is 0.272 e. The van der Waals surface area contributed by atoms with Gasteiger partial charge in [0.25, 0.3) is 5.91 Å². The van der Waals surface area contributed by atoms with Gasteiger partial charge >= 0.3 is 0 Å². The lowest BCUT2D eigenvalue weighted by atomic mass is 10.3. The Bertz CT molecular complexity index is 756. The zero-order valence-electron chi connectivity index (χ0n) is 11.2. The number of aryl methyl sites for hydroxylation is 1. The number of amides is 1. The Labute approximate surface area is 120 Å². The van der Waals surface area contributed by atoms with Crippen molar-refractivity contribution in [3.63, 3.8) is 0 Å². The first-order valence-electron chi connectivity index (χ1n) is 6.17. The van der Waals surface area contributed by atoms with E-state index in [0.717, 1.165) is 21.7 Å². The summed E-state index contributed by atoms with van der Waals surface area (Å²) >= 11 is 1.63. The summed E-state index contributed by atoms with van der Waals surface area (Å²) in [6, 6.07) is 11.2. The normalized spacial score (nSPS) is 10.7. The summed E-state index contributed by atoms with van der Waals surface area (Å²) in [7, 11) is 3.52. The molecule has 1 N–H and O–H groups in total. The van der Waals surface area contributed by atoms with E-state index in [9.17, 15) is 4.79 Å². The van der Waals surface area contributed by atoms with Gasteiger partial charge in [-0.05, 0) is 41.8 Å². The van der Waals surface area contributed by atoms with E-state index in [4.69, 9.17) is 4.74 Å². The fourth-order valence-electron chi connectivity index (χ4n) is 2.14. The van der Waals surface area contributed by atoms with Crippen molar-refractivity contribution in [2.75, 3.05) is 12.4 Å². The van der Waals surface area contributed by atoms with Crippen LogP contribution >= 0.6 is 11.3 Å². The molecule has 0 spiro atoms. The number of benzene rings is 1. The lowest BCUT2D eigenvalue weighted by Gasteiger charge is -2.07. The van der Waals surface area contributed by atoms with Gasteiger partial charge < -0.3 is 14.6 Å². The second-order valence-corrected chi connectivity index (χ2v) is 5.39. The molecule has 0 saturated heterocycles. The van der Waals surface area contributed by atoms with Gasteiger partial charge in [-0.2, -0.15) is 0 Å². The van der Waals surface area contributed by atoms with Gasteiger partial charge in [-0.25, -0.2) is 0 Å². The summed E-state index contributed by atoms with van der Waals surface area (Å²) in [4.78, 5) is 12.3. The van der Waals surface area contributed by atoms with Crippen LogP contribution in [0.15, 0.2) is 41.8 Å². The third kappa shape index (κ3) is 2.16. The van der Waals surface area contributed by atoms with Crippen molar-refractivity contribution in [2.24, 2.45) is 7.05 Å². The number of methoxy groups -OCH3 is 1. The molecule has 1 aromatic carbocycles. The first-order chi connectivity index (χ1) is 9.69. The molecule has 0 radical (unpaired) electrons. The van der Waals surface area contributed by atoms with E-state index in [1.165, 1.54) is 0 Å². The Balaban J connectivity index is 1.84. The van der Waals surface area contributed by atoms with Crippen LogP contribution in [0.25, 0.3) is 10.2 Å². The zero-order chi connectivity index (χ0) is 14.1. The van der Waals surface area contributed by atoms with Gasteiger partial charge in [0.15, 0.2) is 0 Å². The second kappa shape index (κ2) is 5.02. The van der Waals surface area contributed by atoms with Crippen molar-refractivity contribution >= 4 is 33.1 Å². The molecule has 3 rings (SSSR count). The molecule has 1 amide bonds. The highest BCUT2D eigenvalue weighted by Crippen LogP contribution is 2.25. The minimum absolute atomic E-state index is 0.110. The number of ether oxygens (including phenoxy) is 1. The minimum Gasteiger partial charge on any atom is -0.497 e. The number of hydrogen-bond acceptors (Lipinski definition) is 3. The van der Waals surface area contributed by atoms with Crippen LogP contribution < -0.4 is 10.1 Å². The molecular formula is C15H14N2O2S. The average molecular weight is 286 g/mol. The molecule has 5 heteroatoms. The number of nitrogens with zero attached hydrogens (tertiary/aromatic N) is 1. The van der Waals surface area contributed by atoms with E-state index in [2.05, 4.69) is 5.32 Å². The van der Waals surface area contributed by atoms with Gasteiger partial charge in [-0.15, -0.1) is 11.3 Å². The number of nitrogens with one attached hydrogen (secondary N) is 1. The van der Waals surface area contributed by atoms with Crippen LogP contribution in [0, 0.1) is 0 Å². The lowest BCUT2D eigenvalue weighted by molar-refractivity contribution is 0.102. The number of carbonyl (C=O) groups is 1. The SMILES string of the molecule is COc1ccc(NC(=O)c2cc3sccc3n2C)cc1. The topological polar surface area (TPSA) is 43.3 Å². The third-order valence-electron chi connectivity index (χ3n) is 3.24. The van der Waals surface area contributed by atoms with Gasteiger partial charge in [0.05, 0.1) is 17.3 Å². The Morgan fingerprint density at radius 1 is 1.25 bits per heavy atom. The summed E-state index contributed by atoms with van der Waals surface area (Å²) in [6.45, 7) is 0. The molecule has 0 atom stereocenters. The molecule has 2 aromatic heterocycles. The first kappa shape index (κ1) is 12.7. The molecule has 0 aliphatic carbocycles. The predicted octanol–water partition coefficient (Wildman–Crippen LogP) is 3.50. The Kier molecular flexibility index (Phi) is 3.20. The average Bonchev–Trinajstić information content (AvgIpc) is 3.03. The number of fused-ring (bicyclic) bond motifs is 1. The van der Waals surface area contributed by atoms with Crippen LogP contribution in [0.1, 0.15) is 10.5 Å². The van der Waals surface area contributed by atoms with Crippen LogP contribution in [0.3, 0.4) is 0 Å². The molecule has 2 heterocycles. The largest absolute Gasteiger partial charge is 0.497 e. The van der Waals surface area contributed by atoms with E-state index in [1.807, 2.05) is 53.4 Å². The van der Waals surface area contributed by atoms with Crippen LogP contribution in [0.2, 0.25) is 0 Å². The van der Waals surface area contributed by atoms with Crippen molar-refractivity contribution in [3.8, 4) is 5.75 Å². The van der Waals surface area contributed by atoms with Crippen molar-refractivity contribution in [3.05, 3.63) is 47.5 Å². The van der Waals surface area contributed by atoms with E-state index in [0.29, 0.717) is 5.69 Å². The van der Waals surface area contributed by atoms with E-state index in [1.54, 1.807) is 18.4 Å². The lowest BCUT2D eigenvalue weighted by Crippen LogP contribution is -2.15. The summed E-state index contributed by atoms with van der Waals surface area (Å²) in [6.07, 6.45) is 0. The number of aromatic nitrogens is 1. The molecular weight excluding hydrogens is 272 g/mol. The molecule has 4 nitrogen and oxygen atoms in total. The van der Waals surface area contributed by atoms with Crippen LogP contribution in [0.4, 0.5) is 5.69 Å². The van der Waals surface area contributed by atoms with Gasteiger partial charge in [-0.1, -0.05) is 0 Å². The molecule has 3 aromatic rings. The molecule has 0 aliphatic heterocycles. The van der Waals surface area contributed by atoms with Gasteiger partial charge in [0, 0.05) is 12.7 Å². The van der Waals surface area contributed by atoms with E-state index >= 15 is 0 Å². The Morgan fingerprint density at radius 3 is 2.65 bits per heavy atom. The van der Waals surface area contributed by atoms with E-state index < -0.39 is 0 Å². The van der Waals surface area contributed by atoms with Gasteiger partial charge in [0.1, 0.15) is 11.4 Å².